The van der Waals surface area contributed by atoms with Gasteiger partial charge in [-0.3, -0.25) is 9.59 Å². The van der Waals surface area contributed by atoms with Gasteiger partial charge in [-0.25, -0.2) is 0 Å². The van der Waals surface area contributed by atoms with Crippen LogP contribution in [0.3, 0.4) is 0 Å². The highest BCUT2D eigenvalue weighted by Gasteiger charge is 2.25. The highest BCUT2D eigenvalue weighted by Crippen LogP contribution is 2.22. The van der Waals surface area contributed by atoms with E-state index in [1.54, 1.807) is 17.9 Å². The van der Waals surface area contributed by atoms with Crippen LogP contribution in [0.5, 0.6) is 0 Å². The standard InChI is InChI=1S/C18H23N3O3/c1-4-15(14-9-7-6-8-10-14)18(23)21(5-2)12-17(22)19-16-11-13(3)24-20-16/h6-11,15H,4-5,12H2,1-3H3,(H,19,20,22)/t15-/m0/s1. The Morgan fingerprint density at radius 3 is 2.50 bits per heavy atom. The second-order valence-electron chi connectivity index (χ2n) is 5.59. The van der Waals surface area contributed by atoms with Crippen LogP contribution in [0.2, 0.25) is 0 Å². The zero-order valence-electron chi connectivity index (χ0n) is 14.3. The zero-order chi connectivity index (χ0) is 17.5. The van der Waals surface area contributed by atoms with E-state index in [1.807, 2.05) is 44.2 Å². The molecule has 0 saturated heterocycles. The number of hydrogen-bond acceptors (Lipinski definition) is 4. The zero-order valence-corrected chi connectivity index (χ0v) is 14.3. The van der Waals surface area contributed by atoms with E-state index in [9.17, 15) is 9.59 Å². The van der Waals surface area contributed by atoms with Gasteiger partial charge in [0.2, 0.25) is 11.8 Å². The van der Waals surface area contributed by atoms with E-state index in [-0.39, 0.29) is 24.3 Å². The Hall–Kier alpha value is -2.63. The number of carbonyl (C=O) groups is 2. The van der Waals surface area contributed by atoms with Gasteiger partial charge in [-0.05, 0) is 25.8 Å². The van der Waals surface area contributed by atoms with Crippen LogP contribution >= 0.6 is 0 Å². The Kier molecular flexibility index (Phi) is 6.12. The minimum Gasteiger partial charge on any atom is -0.360 e. The van der Waals surface area contributed by atoms with E-state index < -0.39 is 0 Å². The Labute approximate surface area is 141 Å². The van der Waals surface area contributed by atoms with Crippen LogP contribution < -0.4 is 5.32 Å². The number of aryl methyl sites for hydroxylation is 1. The number of likely N-dealkylation sites (N-methyl/N-ethyl adjacent to an activating group) is 1. The summed E-state index contributed by atoms with van der Waals surface area (Å²) in [4.78, 5) is 26.5. The van der Waals surface area contributed by atoms with Gasteiger partial charge in [-0.2, -0.15) is 0 Å². The van der Waals surface area contributed by atoms with Crippen molar-refractivity contribution in [3.8, 4) is 0 Å². The summed E-state index contributed by atoms with van der Waals surface area (Å²) in [6.07, 6.45) is 0.684. The summed E-state index contributed by atoms with van der Waals surface area (Å²) in [7, 11) is 0. The molecule has 0 spiro atoms. The lowest BCUT2D eigenvalue weighted by Gasteiger charge is -2.25. The second kappa shape index (κ2) is 8.29. The first-order valence-electron chi connectivity index (χ1n) is 8.12. The summed E-state index contributed by atoms with van der Waals surface area (Å²) < 4.78 is 4.91. The first kappa shape index (κ1) is 17.7. The van der Waals surface area contributed by atoms with Gasteiger partial charge in [0.05, 0.1) is 12.5 Å². The fraction of sp³-hybridized carbons (Fsp3) is 0.389. The van der Waals surface area contributed by atoms with E-state index in [0.717, 1.165) is 5.56 Å². The van der Waals surface area contributed by atoms with Crippen LogP contribution in [0, 0.1) is 6.92 Å². The summed E-state index contributed by atoms with van der Waals surface area (Å²) >= 11 is 0. The fourth-order valence-corrected chi connectivity index (χ4v) is 2.59. The quantitative estimate of drug-likeness (QED) is 0.847. The molecule has 1 aromatic carbocycles. The third-order valence-corrected chi connectivity index (χ3v) is 3.83. The molecule has 0 aliphatic rings. The predicted molar refractivity (Wildman–Crippen MR) is 91.6 cm³/mol. The number of nitrogens with one attached hydrogen (secondary N) is 1. The second-order valence-corrected chi connectivity index (χ2v) is 5.59. The van der Waals surface area contributed by atoms with Gasteiger partial charge in [-0.15, -0.1) is 0 Å². The van der Waals surface area contributed by atoms with Crippen molar-refractivity contribution in [1.29, 1.82) is 0 Å². The third kappa shape index (κ3) is 4.44. The lowest BCUT2D eigenvalue weighted by molar-refractivity contribution is -0.135. The maximum absolute atomic E-state index is 12.8. The molecule has 0 aliphatic carbocycles. The maximum Gasteiger partial charge on any atom is 0.245 e. The van der Waals surface area contributed by atoms with Crippen LogP contribution in [-0.2, 0) is 9.59 Å². The summed E-state index contributed by atoms with van der Waals surface area (Å²) in [6.45, 7) is 6.04. The molecule has 0 fully saturated rings. The van der Waals surface area contributed by atoms with Gasteiger partial charge in [0.15, 0.2) is 5.82 Å². The number of anilines is 1. The number of carbonyl (C=O) groups excluding carboxylic acids is 2. The highest BCUT2D eigenvalue weighted by molar-refractivity contribution is 5.94. The topological polar surface area (TPSA) is 75.4 Å². The molecule has 0 bridgehead atoms. The molecular formula is C18H23N3O3. The normalized spacial score (nSPS) is 11.8. The fourth-order valence-electron chi connectivity index (χ4n) is 2.59. The molecule has 128 valence electrons. The SMILES string of the molecule is CC[C@H](C(=O)N(CC)CC(=O)Nc1cc(C)on1)c1ccccc1. The van der Waals surface area contributed by atoms with Crippen molar-refractivity contribution < 1.29 is 14.1 Å². The average Bonchev–Trinajstić information content (AvgIpc) is 2.99. The molecule has 0 aliphatic heterocycles. The van der Waals surface area contributed by atoms with Crippen molar-refractivity contribution in [1.82, 2.24) is 10.1 Å². The minimum absolute atomic E-state index is 0.00935. The molecule has 0 saturated carbocycles. The molecule has 0 radical (unpaired) electrons. The first-order chi connectivity index (χ1) is 11.5. The average molecular weight is 329 g/mol. The van der Waals surface area contributed by atoms with Gasteiger partial charge in [-0.1, -0.05) is 42.4 Å². The van der Waals surface area contributed by atoms with Gasteiger partial charge < -0.3 is 14.7 Å². The Morgan fingerprint density at radius 1 is 1.25 bits per heavy atom. The molecule has 1 N–H and O–H groups in total. The summed E-state index contributed by atoms with van der Waals surface area (Å²) in [5.74, 6) is 0.396. The number of benzene rings is 1. The van der Waals surface area contributed by atoms with Gasteiger partial charge in [0.1, 0.15) is 5.76 Å². The molecule has 24 heavy (non-hydrogen) atoms. The molecule has 2 rings (SSSR count). The number of hydrogen-bond donors (Lipinski definition) is 1. The molecular weight excluding hydrogens is 306 g/mol. The first-order valence-corrected chi connectivity index (χ1v) is 8.12. The number of nitrogens with zero attached hydrogens (tertiary/aromatic N) is 2. The smallest absolute Gasteiger partial charge is 0.245 e. The molecule has 1 atom stereocenters. The Morgan fingerprint density at radius 2 is 1.96 bits per heavy atom. The number of rotatable bonds is 7. The molecule has 0 unspecified atom stereocenters. The van der Waals surface area contributed by atoms with Crippen molar-refractivity contribution in [3.05, 3.63) is 47.7 Å². The van der Waals surface area contributed by atoms with Crippen LogP contribution in [0.25, 0.3) is 0 Å². The maximum atomic E-state index is 12.8. The van der Waals surface area contributed by atoms with Crippen LogP contribution in [0.4, 0.5) is 5.82 Å². The number of amides is 2. The predicted octanol–water partition coefficient (Wildman–Crippen LogP) is 2.96. The summed E-state index contributed by atoms with van der Waals surface area (Å²) in [6, 6.07) is 11.3. The lowest BCUT2D eigenvalue weighted by Crippen LogP contribution is -2.40. The lowest BCUT2D eigenvalue weighted by atomic mass is 9.95. The molecule has 2 aromatic rings. The van der Waals surface area contributed by atoms with E-state index >= 15 is 0 Å². The Bertz CT molecular complexity index is 682. The van der Waals surface area contributed by atoms with E-state index in [4.69, 9.17) is 4.52 Å². The van der Waals surface area contributed by atoms with Crippen molar-refractivity contribution in [2.45, 2.75) is 33.1 Å². The van der Waals surface area contributed by atoms with Crippen LogP contribution in [-0.4, -0.2) is 35.0 Å². The summed E-state index contributed by atoms with van der Waals surface area (Å²) in [5, 5.41) is 6.36. The van der Waals surface area contributed by atoms with E-state index in [2.05, 4.69) is 10.5 Å². The van der Waals surface area contributed by atoms with Crippen molar-refractivity contribution in [2.24, 2.45) is 0 Å². The van der Waals surface area contributed by atoms with Crippen molar-refractivity contribution in [3.63, 3.8) is 0 Å². The highest BCUT2D eigenvalue weighted by atomic mass is 16.5. The van der Waals surface area contributed by atoms with Gasteiger partial charge in [0.25, 0.3) is 0 Å². The van der Waals surface area contributed by atoms with Crippen LogP contribution in [0.1, 0.15) is 37.5 Å². The summed E-state index contributed by atoms with van der Waals surface area (Å²) in [5.41, 5.74) is 0.969. The van der Waals surface area contributed by atoms with E-state index in [1.165, 1.54) is 0 Å². The van der Waals surface area contributed by atoms with Crippen LogP contribution in [0.15, 0.2) is 40.9 Å². The monoisotopic (exact) mass is 329 g/mol. The van der Waals surface area contributed by atoms with E-state index in [0.29, 0.717) is 24.5 Å². The number of aromatic nitrogens is 1. The third-order valence-electron chi connectivity index (χ3n) is 3.83. The largest absolute Gasteiger partial charge is 0.360 e. The molecule has 2 amide bonds. The molecule has 6 heteroatoms. The van der Waals surface area contributed by atoms with Crippen molar-refractivity contribution in [2.75, 3.05) is 18.4 Å². The molecule has 6 nitrogen and oxygen atoms in total. The minimum atomic E-state index is -0.290. The molecule has 1 aromatic heterocycles. The van der Waals surface area contributed by atoms with Gasteiger partial charge in [0, 0.05) is 12.6 Å². The Balaban J connectivity index is 2.03. The molecule has 1 heterocycles. The van der Waals surface area contributed by atoms with Gasteiger partial charge >= 0.3 is 0 Å². The van der Waals surface area contributed by atoms with Crippen molar-refractivity contribution >= 4 is 17.6 Å².